The molecule has 0 bridgehead atoms. The molecule has 2 aliphatic heterocycles. The third kappa shape index (κ3) is 9.43. The van der Waals surface area contributed by atoms with Crippen LogP contribution in [0.5, 0.6) is 0 Å². The zero-order valence-electron chi connectivity index (χ0n) is 17.8. The molecule has 0 aliphatic carbocycles. The van der Waals surface area contributed by atoms with E-state index in [9.17, 15) is 4.79 Å². The first-order valence-corrected chi connectivity index (χ1v) is 12.0. The van der Waals surface area contributed by atoms with E-state index < -0.39 is 0 Å². The normalized spacial score (nSPS) is 25.7. The summed E-state index contributed by atoms with van der Waals surface area (Å²) in [6.07, 6.45) is 20.0. The van der Waals surface area contributed by atoms with Crippen LogP contribution in [0.25, 0.3) is 0 Å². The number of amides is 1. The van der Waals surface area contributed by atoms with E-state index in [1.165, 1.54) is 83.7 Å². The standard InChI is InChI=1S/C23H45N3O/c24-17-10-12-19-26-21-13-20-25-18-11-9-15-22(25)14-7-5-3-1-2-4-6-8-16-23(26)27/h22H,1-21,24H2/t22-/m1/s1. The van der Waals surface area contributed by atoms with E-state index in [0.717, 1.165) is 57.8 Å². The molecule has 0 aromatic carbocycles. The maximum atomic E-state index is 12.7. The van der Waals surface area contributed by atoms with Crippen LogP contribution in [0.15, 0.2) is 0 Å². The summed E-state index contributed by atoms with van der Waals surface area (Å²) in [4.78, 5) is 17.6. The van der Waals surface area contributed by atoms with Crippen LogP contribution in [-0.2, 0) is 4.79 Å². The van der Waals surface area contributed by atoms with Gasteiger partial charge < -0.3 is 15.5 Å². The van der Waals surface area contributed by atoms with Gasteiger partial charge in [0.05, 0.1) is 0 Å². The summed E-state index contributed by atoms with van der Waals surface area (Å²) in [7, 11) is 0. The van der Waals surface area contributed by atoms with E-state index in [0.29, 0.717) is 5.91 Å². The van der Waals surface area contributed by atoms with Crippen molar-refractivity contribution in [2.75, 3.05) is 32.7 Å². The largest absolute Gasteiger partial charge is 0.343 e. The summed E-state index contributed by atoms with van der Waals surface area (Å²) in [5, 5.41) is 0. The Bertz CT molecular complexity index is 388. The molecule has 27 heavy (non-hydrogen) atoms. The van der Waals surface area contributed by atoms with Gasteiger partial charge in [-0.25, -0.2) is 0 Å². The van der Waals surface area contributed by atoms with Gasteiger partial charge in [-0.3, -0.25) is 4.79 Å². The lowest BCUT2D eigenvalue weighted by Crippen LogP contribution is -2.41. The Balaban J connectivity index is 1.88. The minimum Gasteiger partial charge on any atom is -0.343 e. The Morgan fingerprint density at radius 3 is 2.11 bits per heavy atom. The lowest BCUT2D eigenvalue weighted by molar-refractivity contribution is -0.131. The molecule has 0 aromatic rings. The van der Waals surface area contributed by atoms with E-state index in [-0.39, 0.29) is 0 Å². The smallest absolute Gasteiger partial charge is 0.222 e. The maximum Gasteiger partial charge on any atom is 0.222 e. The first-order valence-electron chi connectivity index (χ1n) is 12.0. The summed E-state index contributed by atoms with van der Waals surface area (Å²) in [5.74, 6) is 0.381. The monoisotopic (exact) mass is 379 g/mol. The van der Waals surface area contributed by atoms with Gasteiger partial charge >= 0.3 is 0 Å². The number of carbonyl (C=O) groups is 1. The lowest BCUT2D eigenvalue weighted by Gasteiger charge is -2.36. The average Bonchev–Trinajstić information content (AvgIpc) is 2.68. The Morgan fingerprint density at radius 1 is 0.741 bits per heavy atom. The highest BCUT2D eigenvalue weighted by atomic mass is 16.2. The minimum absolute atomic E-state index is 0.381. The van der Waals surface area contributed by atoms with E-state index in [1.807, 2.05) is 0 Å². The van der Waals surface area contributed by atoms with Gasteiger partial charge in [-0.2, -0.15) is 0 Å². The number of carbonyl (C=O) groups excluding carboxylic acids is 1. The van der Waals surface area contributed by atoms with Crippen LogP contribution in [-0.4, -0.2) is 54.5 Å². The number of piperidine rings is 1. The molecule has 2 fully saturated rings. The van der Waals surface area contributed by atoms with Crippen molar-refractivity contribution < 1.29 is 4.79 Å². The molecule has 1 atom stereocenters. The van der Waals surface area contributed by atoms with E-state index >= 15 is 0 Å². The van der Waals surface area contributed by atoms with Gasteiger partial charge in [0, 0.05) is 32.1 Å². The van der Waals surface area contributed by atoms with E-state index in [4.69, 9.17) is 5.73 Å². The molecule has 0 radical (unpaired) electrons. The van der Waals surface area contributed by atoms with Crippen LogP contribution in [0.4, 0.5) is 0 Å². The molecule has 4 heteroatoms. The molecule has 158 valence electrons. The number of hydrogen-bond donors (Lipinski definition) is 1. The van der Waals surface area contributed by atoms with Crippen molar-refractivity contribution in [1.29, 1.82) is 0 Å². The molecule has 2 aliphatic rings. The summed E-state index contributed by atoms with van der Waals surface area (Å²) < 4.78 is 0. The first kappa shape index (κ1) is 22.7. The number of fused-ring (bicyclic) bond motifs is 1. The third-order valence-corrected chi connectivity index (χ3v) is 6.54. The van der Waals surface area contributed by atoms with E-state index in [1.54, 1.807) is 0 Å². The van der Waals surface area contributed by atoms with Crippen LogP contribution in [0.2, 0.25) is 0 Å². The second-order valence-corrected chi connectivity index (χ2v) is 8.78. The van der Waals surface area contributed by atoms with Crippen LogP contribution in [0.3, 0.4) is 0 Å². The molecule has 0 aromatic heterocycles. The second kappa shape index (κ2) is 14.4. The highest BCUT2D eigenvalue weighted by Gasteiger charge is 2.22. The quantitative estimate of drug-likeness (QED) is 0.720. The molecular weight excluding hydrogens is 334 g/mol. The van der Waals surface area contributed by atoms with Crippen LogP contribution < -0.4 is 5.73 Å². The van der Waals surface area contributed by atoms with Gasteiger partial charge in [-0.1, -0.05) is 51.4 Å². The van der Waals surface area contributed by atoms with Crippen molar-refractivity contribution in [3.8, 4) is 0 Å². The SMILES string of the molecule is NCCCCN1CCCN2CCCC[C@H]2CCCCCCCCCCC1=O. The number of unbranched alkanes of at least 4 members (excludes halogenated alkanes) is 1. The summed E-state index contributed by atoms with van der Waals surface area (Å²) in [5.41, 5.74) is 5.65. The van der Waals surface area contributed by atoms with Crippen molar-refractivity contribution in [2.24, 2.45) is 5.73 Å². The van der Waals surface area contributed by atoms with Crippen LogP contribution in [0, 0.1) is 0 Å². The van der Waals surface area contributed by atoms with Crippen LogP contribution >= 0.6 is 0 Å². The van der Waals surface area contributed by atoms with Crippen molar-refractivity contribution in [1.82, 2.24) is 9.80 Å². The molecule has 0 unspecified atom stereocenters. The van der Waals surface area contributed by atoms with Crippen molar-refractivity contribution in [2.45, 2.75) is 109 Å². The number of rotatable bonds is 4. The van der Waals surface area contributed by atoms with Gasteiger partial charge in [0.25, 0.3) is 0 Å². The van der Waals surface area contributed by atoms with Crippen molar-refractivity contribution in [3.05, 3.63) is 0 Å². The molecular formula is C23H45N3O. The van der Waals surface area contributed by atoms with Gasteiger partial charge in [-0.05, 0) is 58.0 Å². The molecule has 2 heterocycles. The Morgan fingerprint density at radius 2 is 1.37 bits per heavy atom. The Kier molecular flexibility index (Phi) is 12.1. The van der Waals surface area contributed by atoms with Gasteiger partial charge in [0.2, 0.25) is 5.91 Å². The lowest BCUT2D eigenvalue weighted by atomic mass is 9.96. The molecule has 0 saturated carbocycles. The molecule has 1 amide bonds. The minimum atomic E-state index is 0.381. The molecule has 2 N–H and O–H groups in total. The van der Waals surface area contributed by atoms with Gasteiger partial charge in [0.15, 0.2) is 0 Å². The zero-order chi connectivity index (χ0) is 19.2. The number of nitrogens with zero attached hydrogens (tertiary/aromatic N) is 2. The van der Waals surface area contributed by atoms with Gasteiger partial charge in [0.1, 0.15) is 0 Å². The molecule has 4 nitrogen and oxygen atoms in total. The average molecular weight is 380 g/mol. The highest BCUT2D eigenvalue weighted by molar-refractivity contribution is 5.76. The summed E-state index contributed by atoms with van der Waals surface area (Å²) in [6.45, 7) is 5.01. The fraction of sp³-hybridized carbons (Fsp3) is 0.957. The first-order chi connectivity index (χ1) is 13.3. The topological polar surface area (TPSA) is 49.6 Å². The Hall–Kier alpha value is -0.610. The molecule has 2 saturated heterocycles. The van der Waals surface area contributed by atoms with Crippen molar-refractivity contribution in [3.63, 3.8) is 0 Å². The number of nitrogens with two attached hydrogens (primary N) is 1. The van der Waals surface area contributed by atoms with Crippen molar-refractivity contribution >= 4 is 5.91 Å². The van der Waals surface area contributed by atoms with Crippen LogP contribution in [0.1, 0.15) is 103 Å². The Labute approximate surface area is 168 Å². The summed E-state index contributed by atoms with van der Waals surface area (Å²) >= 11 is 0. The second-order valence-electron chi connectivity index (χ2n) is 8.78. The zero-order valence-corrected chi connectivity index (χ0v) is 17.8. The summed E-state index contributed by atoms with van der Waals surface area (Å²) in [6, 6.07) is 0.802. The predicted molar refractivity (Wildman–Crippen MR) is 115 cm³/mol. The van der Waals surface area contributed by atoms with E-state index in [2.05, 4.69) is 9.80 Å². The van der Waals surface area contributed by atoms with Gasteiger partial charge in [-0.15, -0.1) is 0 Å². The highest BCUT2D eigenvalue weighted by Crippen LogP contribution is 2.23. The fourth-order valence-electron chi connectivity index (χ4n) is 4.83. The number of hydrogen-bond acceptors (Lipinski definition) is 3. The predicted octanol–water partition coefficient (Wildman–Crippen LogP) is 4.71. The molecule has 0 spiro atoms. The fourth-order valence-corrected chi connectivity index (χ4v) is 4.83. The maximum absolute atomic E-state index is 12.7. The molecule has 2 rings (SSSR count). The third-order valence-electron chi connectivity index (χ3n) is 6.54.